The van der Waals surface area contributed by atoms with Crippen LogP contribution in [0.15, 0.2) is 152 Å². The van der Waals surface area contributed by atoms with Gasteiger partial charge in [-0.2, -0.15) is 11.3 Å². The molecular weight excluding hydrogens is 759 g/mol. The molecule has 0 aliphatic carbocycles. The Labute approximate surface area is 288 Å². The summed E-state index contributed by atoms with van der Waals surface area (Å²) in [5, 5.41) is 2.59. The van der Waals surface area contributed by atoms with Crippen LogP contribution in [0.25, 0.3) is 53.9 Å². The molecule has 0 saturated carbocycles. The summed E-state index contributed by atoms with van der Waals surface area (Å²) in [5.41, 5.74) is 7.37. The van der Waals surface area contributed by atoms with Gasteiger partial charge in [0.1, 0.15) is 5.69 Å². The van der Waals surface area contributed by atoms with E-state index in [2.05, 4.69) is 90.7 Å². The largest absolute Gasteiger partial charge is 0.321 e. The van der Waals surface area contributed by atoms with Gasteiger partial charge in [0.25, 0.3) is 0 Å². The first-order chi connectivity index (χ1) is 22.2. The van der Waals surface area contributed by atoms with E-state index in [1.165, 1.54) is 25.7 Å². The van der Waals surface area contributed by atoms with E-state index in [0.717, 1.165) is 33.8 Å². The monoisotopic (exact) mass is 789 g/mol. The second-order valence-corrected chi connectivity index (χ2v) is 11.4. The van der Waals surface area contributed by atoms with Crippen LogP contribution >= 0.6 is 11.3 Å². The summed E-state index contributed by atoms with van der Waals surface area (Å²) in [6.07, 6.45) is 5.62. The molecule has 0 bridgehead atoms. The number of nitrogens with zero attached hydrogens (tertiary/aromatic N) is 3. The molecule has 0 amide bonds. The van der Waals surface area contributed by atoms with Crippen LogP contribution < -0.4 is 4.57 Å². The number of hydrogen-bond acceptors (Lipinski definition) is 3. The Hall–Kier alpha value is -4.93. The van der Waals surface area contributed by atoms with Gasteiger partial charge < -0.3 is 14.5 Å². The van der Waals surface area contributed by atoms with Crippen LogP contribution in [-0.2, 0) is 20.1 Å². The van der Waals surface area contributed by atoms with Crippen LogP contribution in [0, 0.1) is 32.2 Å². The van der Waals surface area contributed by atoms with Gasteiger partial charge in [-0.3, -0.25) is 0 Å². The van der Waals surface area contributed by atoms with Crippen LogP contribution in [0.4, 0.5) is 0 Å². The average Bonchev–Trinajstić information content (AvgIpc) is 3.49. The first-order valence-corrected chi connectivity index (χ1v) is 15.4. The number of pyridine rings is 3. The Morgan fingerprint density at radius 3 is 2.04 bits per heavy atom. The van der Waals surface area contributed by atoms with E-state index >= 15 is 0 Å². The Morgan fingerprint density at radius 1 is 0.630 bits per heavy atom. The Kier molecular flexibility index (Phi) is 11.2. The summed E-state index contributed by atoms with van der Waals surface area (Å²) < 4.78 is 4.46. The summed E-state index contributed by atoms with van der Waals surface area (Å²) >= 11 is 1.83. The maximum Gasteiger partial charge on any atom is 0.115 e. The Morgan fingerprint density at radius 2 is 1.35 bits per heavy atom. The molecule has 0 aliphatic heterocycles. The third kappa shape index (κ3) is 8.01. The number of hydrogen-bond donors (Lipinski definition) is 0. The number of aromatic nitrogens is 3. The van der Waals surface area contributed by atoms with Crippen LogP contribution in [-0.4, -0.2) is 9.97 Å². The molecule has 3 nitrogen and oxygen atoms in total. The van der Waals surface area contributed by atoms with Crippen molar-refractivity contribution in [3.05, 3.63) is 183 Å². The van der Waals surface area contributed by atoms with Gasteiger partial charge in [0, 0.05) is 44.2 Å². The van der Waals surface area contributed by atoms with Crippen molar-refractivity contribution in [2.45, 2.75) is 6.92 Å². The molecular formula is C41H30IrN3S-3. The second-order valence-electron chi connectivity index (χ2n) is 10.3. The Bertz CT molecular complexity index is 2070. The van der Waals surface area contributed by atoms with Crippen LogP contribution in [0.5, 0.6) is 0 Å². The van der Waals surface area contributed by atoms with Crippen molar-refractivity contribution < 1.29 is 24.7 Å². The number of rotatable bonds is 3. The summed E-state index contributed by atoms with van der Waals surface area (Å²) in [5.74, 6) is 0. The van der Waals surface area contributed by atoms with Gasteiger partial charge in [-0.25, -0.2) is 0 Å². The van der Waals surface area contributed by atoms with E-state index < -0.39 is 0 Å². The van der Waals surface area contributed by atoms with Crippen LogP contribution in [0.1, 0.15) is 5.56 Å². The smallest absolute Gasteiger partial charge is 0.115 e. The molecule has 5 heteroatoms. The molecule has 227 valence electrons. The molecule has 0 spiro atoms. The molecule has 0 aliphatic rings. The zero-order chi connectivity index (χ0) is 30.8. The second kappa shape index (κ2) is 15.9. The maximum atomic E-state index is 4.48. The molecule has 8 aromatic rings. The van der Waals surface area contributed by atoms with Gasteiger partial charge in [-0.1, -0.05) is 65.5 Å². The molecule has 4 aromatic carbocycles. The first-order valence-electron chi connectivity index (χ1n) is 14.6. The fourth-order valence-electron chi connectivity index (χ4n) is 4.79. The molecule has 4 heterocycles. The number of thiophene rings is 1. The van der Waals surface area contributed by atoms with Crippen molar-refractivity contribution in [1.82, 2.24) is 9.97 Å². The van der Waals surface area contributed by atoms with Crippen LogP contribution in [0.2, 0.25) is 0 Å². The van der Waals surface area contributed by atoms with E-state index in [0.29, 0.717) is 0 Å². The van der Waals surface area contributed by atoms with Crippen molar-refractivity contribution in [2.24, 2.45) is 0 Å². The van der Waals surface area contributed by atoms with Gasteiger partial charge >= 0.3 is 0 Å². The van der Waals surface area contributed by atoms with E-state index in [9.17, 15) is 0 Å². The topological polar surface area (TPSA) is 29.7 Å². The number of fused-ring (bicyclic) bond motifs is 3. The van der Waals surface area contributed by atoms with E-state index in [1.807, 2.05) is 113 Å². The van der Waals surface area contributed by atoms with Crippen molar-refractivity contribution in [2.75, 3.05) is 0 Å². The zero-order valence-corrected chi connectivity index (χ0v) is 28.4. The predicted molar refractivity (Wildman–Crippen MR) is 186 cm³/mol. The molecule has 46 heavy (non-hydrogen) atoms. The predicted octanol–water partition coefficient (Wildman–Crippen LogP) is 9.85. The summed E-state index contributed by atoms with van der Waals surface area (Å²) in [4.78, 5) is 8.70. The van der Waals surface area contributed by atoms with E-state index in [4.69, 9.17) is 0 Å². The normalized spacial score (nSPS) is 10.2. The fourth-order valence-corrected chi connectivity index (χ4v) is 5.91. The average molecular weight is 789 g/mol. The van der Waals surface area contributed by atoms with Crippen molar-refractivity contribution in [3.8, 4) is 33.8 Å². The summed E-state index contributed by atoms with van der Waals surface area (Å²) in [6.45, 7) is 2.05. The molecule has 4 aromatic heterocycles. The number of aryl methyl sites for hydroxylation is 1. The zero-order valence-electron chi connectivity index (χ0n) is 25.2. The van der Waals surface area contributed by atoms with Gasteiger partial charge in [0.05, 0.1) is 6.20 Å². The third-order valence-corrected chi connectivity index (χ3v) is 8.21. The minimum atomic E-state index is 0. The van der Waals surface area contributed by atoms with Gasteiger partial charge in [0.15, 0.2) is 0 Å². The summed E-state index contributed by atoms with van der Waals surface area (Å²) in [6, 6.07) is 54.2. The van der Waals surface area contributed by atoms with Crippen molar-refractivity contribution >= 4 is 31.5 Å². The molecule has 8 rings (SSSR count). The quantitative estimate of drug-likeness (QED) is 0.132. The van der Waals surface area contributed by atoms with Gasteiger partial charge in [-0.05, 0) is 52.2 Å². The third-order valence-electron chi connectivity index (χ3n) is 7.07. The van der Waals surface area contributed by atoms with Crippen LogP contribution in [0.3, 0.4) is 0 Å². The standard InChI is InChI=1S/C18H12NS.C12H10N.C11H8N.Ir/c1-12-6-9-16(19-11-12)13-7-8-15-14-4-2-3-5-17(14)20-18(15)10-13;1-13-10-6-5-9-12(13)11-7-3-2-4-8-11;1-2-6-10(7-3-1)11-8-4-5-9-12-11;/h2-6,8-11H,1H3;2-7,9-10H,1H2;1-6,8-9H;/q3*-1;. The SMILES string of the molecule is Cc1ccc(-c2[c-]cc3c(c2)sc2ccccc23)nc1.[CH2-][n+]1ccccc1-c1[c-]cccc1.[Ir].[c-]1ccccc1-c1ccccn1. The van der Waals surface area contributed by atoms with Crippen molar-refractivity contribution in [1.29, 1.82) is 0 Å². The molecule has 0 N–H and O–H groups in total. The molecule has 0 unspecified atom stereocenters. The molecule has 0 atom stereocenters. The van der Waals surface area contributed by atoms with Crippen molar-refractivity contribution in [3.63, 3.8) is 0 Å². The van der Waals surface area contributed by atoms with Gasteiger partial charge in [-0.15, -0.1) is 90.0 Å². The Balaban J connectivity index is 0.000000141. The maximum absolute atomic E-state index is 4.48. The van der Waals surface area contributed by atoms with Gasteiger partial charge in [0.2, 0.25) is 0 Å². The minimum Gasteiger partial charge on any atom is -0.321 e. The van der Waals surface area contributed by atoms with E-state index in [-0.39, 0.29) is 20.1 Å². The first kappa shape index (κ1) is 32.5. The summed E-state index contributed by atoms with van der Waals surface area (Å²) in [7, 11) is 3.89. The molecule has 1 radical (unpaired) electrons. The fraction of sp³-hybridized carbons (Fsp3) is 0.0244. The number of benzene rings is 4. The van der Waals surface area contributed by atoms with E-state index in [1.54, 1.807) is 6.20 Å². The minimum absolute atomic E-state index is 0. The molecule has 0 fully saturated rings. The molecule has 0 saturated heterocycles.